The highest BCUT2D eigenvalue weighted by Crippen LogP contribution is 2.19. The van der Waals surface area contributed by atoms with Crippen LogP contribution < -0.4 is 15.9 Å². The normalized spacial score (nSPS) is 11.5. The molecule has 23 heavy (non-hydrogen) atoms. The van der Waals surface area contributed by atoms with Gasteiger partial charge >= 0.3 is 0 Å². The van der Waals surface area contributed by atoms with Gasteiger partial charge in [0.15, 0.2) is 5.13 Å². The molecule has 1 aromatic heterocycles. The number of hydrogen-bond acceptors (Lipinski definition) is 8. The molecular weight excluding hydrogens is 340 g/mol. The average molecular weight is 350 g/mol. The third-order valence-electron chi connectivity index (χ3n) is 2.45. The van der Waals surface area contributed by atoms with Gasteiger partial charge < -0.3 is 5.73 Å². The summed E-state index contributed by atoms with van der Waals surface area (Å²) in [6, 6.07) is 7.06. The Morgan fingerprint density at radius 1 is 1.35 bits per heavy atom. The number of primary amides is 1. The smallest absolute Gasteiger partial charge is 0.280 e. The van der Waals surface area contributed by atoms with Crippen LogP contribution in [0.1, 0.15) is 0 Å². The van der Waals surface area contributed by atoms with Gasteiger partial charge in [-0.15, -0.1) is 11.3 Å². The maximum atomic E-state index is 12.1. The number of carbonyl (C=O) groups excluding carboxylic acids is 1. The number of hydrogen-bond donors (Lipinski definition) is 3. The number of nitrogens with zero attached hydrogens (tertiary/aromatic N) is 3. The summed E-state index contributed by atoms with van der Waals surface area (Å²) < 4.78 is 26.6. The molecule has 1 heterocycles. The highest BCUT2D eigenvalue weighted by molar-refractivity contribution is 7.93. The molecule has 0 radical (unpaired) electrons. The molecular formula is C12H10N6O3S2. The molecule has 0 spiro atoms. The van der Waals surface area contributed by atoms with Gasteiger partial charge in [-0.05, 0) is 24.3 Å². The van der Waals surface area contributed by atoms with Crippen molar-refractivity contribution in [3.8, 4) is 6.07 Å². The minimum Gasteiger partial charge on any atom is -0.364 e. The second-order valence-corrected chi connectivity index (χ2v) is 6.59. The number of sulfonamides is 1. The Morgan fingerprint density at radius 2 is 2.04 bits per heavy atom. The topological polar surface area (TPSA) is 150 Å². The Bertz CT molecular complexity index is 867. The predicted molar refractivity (Wildman–Crippen MR) is 85.2 cm³/mol. The van der Waals surface area contributed by atoms with Crippen LogP contribution in [0.15, 0.2) is 45.8 Å². The first-order valence-corrected chi connectivity index (χ1v) is 8.34. The van der Waals surface area contributed by atoms with E-state index in [1.54, 1.807) is 5.38 Å². The minimum absolute atomic E-state index is 0.0256. The second kappa shape index (κ2) is 6.86. The van der Waals surface area contributed by atoms with E-state index in [2.05, 4.69) is 20.2 Å². The third-order valence-corrected chi connectivity index (χ3v) is 4.63. The largest absolute Gasteiger partial charge is 0.364 e. The summed E-state index contributed by atoms with van der Waals surface area (Å²) in [5.41, 5.74) is 7.26. The molecule has 2 rings (SSSR count). The predicted octanol–water partition coefficient (Wildman–Crippen LogP) is 0.721. The Kier molecular flexibility index (Phi) is 4.89. The van der Waals surface area contributed by atoms with E-state index in [1.165, 1.54) is 36.5 Å². The summed E-state index contributed by atoms with van der Waals surface area (Å²) >= 11 is 1.16. The zero-order chi connectivity index (χ0) is 16.9. The zero-order valence-electron chi connectivity index (χ0n) is 11.4. The van der Waals surface area contributed by atoms with E-state index in [9.17, 15) is 13.2 Å². The Labute approximate surface area is 135 Å². The van der Waals surface area contributed by atoms with Gasteiger partial charge in [-0.25, -0.2) is 13.4 Å². The fourth-order valence-electron chi connectivity index (χ4n) is 1.41. The summed E-state index contributed by atoms with van der Waals surface area (Å²) in [7, 11) is -3.74. The monoisotopic (exact) mass is 350 g/mol. The third kappa shape index (κ3) is 4.25. The number of thiazole rings is 1. The van der Waals surface area contributed by atoms with Crippen LogP contribution in [0.25, 0.3) is 0 Å². The van der Waals surface area contributed by atoms with Crippen molar-refractivity contribution in [2.75, 3.05) is 10.1 Å². The lowest BCUT2D eigenvalue weighted by molar-refractivity contribution is -0.111. The van der Waals surface area contributed by atoms with Gasteiger partial charge in [0, 0.05) is 11.6 Å². The molecule has 0 aliphatic carbocycles. The van der Waals surface area contributed by atoms with Crippen LogP contribution in [0.4, 0.5) is 10.8 Å². The van der Waals surface area contributed by atoms with E-state index < -0.39 is 21.6 Å². The first-order chi connectivity index (χ1) is 10.9. The number of anilines is 2. The van der Waals surface area contributed by atoms with Crippen molar-refractivity contribution in [1.29, 1.82) is 5.26 Å². The van der Waals surface area contributed by atoms with Crippen LogP contribution in [0, 0.1) is 11.3 Å². The summed E-state index contributed by atoms with van der Waals surface area (Å²) in [5.74, 6) is -0.966. The second-order valence-electron chi connectivity index (χ2n) is 4.02. The molecule has 9 nitrogen and oxygen atoms in total. The molecule has 118 valence electrons. The van der Waals surface area contributed by atoms with Crippen LogP contribution in [-0.4, -0.2) is 25.0 Å². The van der Waals surface area contributed by atoms with E-state index in [4.69, 9.17) is 11.0 Å². The summed E-state index contributed by atoms with van der Waals surface area (Å²) in [4.78, 5) is 14.7. The number of nitrogens with one attached hydrogen (secondary N) is 2. The van der Waals surface area contributed by atoms with Gasteiger partial charge in [-0.3, -0.25) is 14.9 Å². The maximum Gasteiger partial charge on any atom is 0.280 e. The molecule has 0 saturated carbocycles. The number of nitriles is 1. The van der Waals surface area contributed by atoms with Crippen molar-refractivity contribution < 1.29 is 13.2 Å². The Balaban J connectivity index is 2.13. The van der Waals surface area contributed by atoms with Crippen molar-refractivity contribution in [3.05, 3.63) is 35.8 Å². The van der Waals surface area contributed by atoms with Crippen LogP contribution in [0.2, 0.25) is 0 Å². The fourth-order valence-corrected chi connectivity index (χ4v) is 3.20. The first kappa shape index (κ1) is 16.4. The highest BCUT2D eigenvalue weighted by Gasteiger charge is 2.15. The fraction of sp³-hybridized carbons (Fsp3) is 0. The van der Waals surface area contributed by atoms with Crippen LogP contribution in [0.3, 0.4) is 0 Å². The summed E-state index contributed by atoms with van der Waals surface area (Å²) in [6.45, 7) is 0. The van der Waals surface area contributed by atoms with Crippen molar-refractivity contribution >= 4 is 43.8 Å². The van der Waals surface area contributed by atoms with Crippen molar-refractivity contribution in [1.82, 2.24) is 4.98 Å². The molecule has 0 aliphatic rings. The molecule has 1 amide bonds. The molecule has 0 atom stereocenters. The first-order valence-electron chi connectivity index (χ1n) is 5.98. The number of aromatic nitrogens is 1. The maximum absolute atomic E-state index is 12.1. The summed E-state index contributed by atoms with van der Waals surface area (Å²) in [5, 5.41) is 14.1. The Hall–Kier alpha value is -2.97. The molecule has 1 aromatic carbocycles. The lowest BCUT2D eigenvalue weighted by atomic mass is 10.3. The average Bonchev–Trinajstić information content (AvgIpc) is 3.00. The van der Waals surface area contributed by atoms with Gasteiger partial charge in [-0.2, -0.15) is 10.4 Å². The van der Waals surface area contributed by atoms with E-state index in [0.717, 1.165) is 11.3 Å². The molecule has 0 aliphatic heterocycles. The van der Waals surface area contributed by atoms with Crippen LogP contribution in [0.5, 0.6) is 0 Å². The van der Waals surface area contributed by atoms with Gasteiger partial charge in [0.1, 0.15) is 6.07 Å². The van der Waals surface area contributed by atoms with Crippen molar-refractivity contribution in [3.63, 3.8) is 0 Å². The molecule has 2 aromatic rings. The van der Waals surface area contributed by atoms with Gasteiger partial charge in [0.05, 0.1) is 10.6 Å². The summed E-state index contributed by atoms with van der Waals surface area (Å²) in [6.07, 6.45) is 1.49. The van der Waals surface area contributed by atoms with Crippen molar-refractivity contribution in [2.45, 2.75) is 4.90 Å². The number of nitrogens with two attached hydrogens (primary N) is 1. The number of hydrazone groups is 1. The van der Waals surface area contributed by atoms with Crippen molar-refractivity contribution in [2.24, 2.45) is 10.8 Å². The Morgan fingerprint density at radius 3 is 2.57 bits per heavy atom. The quantitative estimate of drug-likeness (QED) is 0.516. The molecule has 0 saturated heterocycles. The van der Waals surface area contributed by atoms with E-state index in [0.29, 0.717) is 5.69 Å². The van der Waals surface area contributed by atoms with Crippen LogP contribution >= 0.6 is 11.3 Å². The standard InChI is InChI=1S/C12H10N6O3S2/c13-7-10(11(14)19)17-16-8-1-3-9(4-2-8)23(20,21)18-12-15-5-6-22-12/h1-6,16H,(H2,14,19)(H,15,18). The van der Waals surface area contributed by atoms with E-state index in [-0.39, 0.29) is 10.0 Å². The molecule has 11 heteroatoms. The zero-order valence-corrected chi connectivity index (χ0v) is 13.1. The number of rotatable bonds is 6. The lowest BCUT2D eigenvalue weighted by Crippen LogP contribution is -2.22. The molecule has 4 N–H and O–H groups in total. The SMILES string of the molecule is N#CC(=NNc1ccc(S(=O)(=O)Nc2nccs2)cc1)C(N)=O. The number of benzene rings is 1. The molecule has 0 unspecified atom stereocenters. The minimum atomic E-state index is -3.74. The van der Waals surface area contributed by atoms with Gasteiger partial charge in [0.2, 0.25) is 5.71 Å². The highest BCUT2D eigenvalue weighted by atomic mass is 32.2. The van der Waals surface area contributed by atoms with E-state index >= 15 is 0 Å². The molecule has 0 bridgehead atoms. The number of carbonyl (C=O) groups is 1. The number of amides is 1. The van der Waals surface area contributed by atoms with Gasteiger partial charge in [0.25, 0.3) is 15.9 Å². The van der Waals surface area contributed by atoms with Gasteiger partial charge in [-0.1, -0.05) is 0 Å². The molecule has 0 fully saturated rings. The van der Waals surface area contributed by atoms with Crippen LogP contribution in [-0.2, 0) is 14.8 Å². The lowest BCUT2D eigenvalue weighted by Gasteiger charge is -2.06. The van der Waals surface area contributed by atoms with E-state index in [1.807, 2.05) is 0 Å².